The maximum atomic E-state index is 12.8. The van der Waals surface area contributed by atoms with Gasteiger partial charge in [0.25, 0.3) is 11.8 Å². The van der Waals surface area contributed by atoms with E-state index in [-0.39, 0.29) is 34.2 Å². The van der Waals surface area contributed by atoms with E-state index in [0.717, 1.165) is 0 Å². The summed E-state index contributed by atoms with van der Waals surface area (Å²) in [6.07, 6.45) is 3.02. The number of carbonyl (C=O) groups is 2. The molecule has 1 aliphatic rings. The van der Waals surface area contributed by atoms with Crippen LogP contribution in [0.4, 0.5) is 0 Å². The Kier molecular flexibility index (Phi) is 5.44. The molecule has 0 saturated carbocycles. The van der Waals surface area contributed by atoms with Crippen LogP contribution in [0.3, 0.4) is 0 Å². The van der Waals surface area contributed by atoms with Gasteiger partial charge in [0.15, 0.2) is 0 Å². The van der Waals surface area contributed by atoms with Gasteiger partial charge in [-0.3, -0.25) is 9.59 Å². The Bertz CT molecular complexity index is 776. The van der Waals surface area contributed by atoms with Crippen LogP contribution in [0.25, 0.3) is 0 Å². The molecule has 8 heteroatoms. The molecule has 1 aliphatic heterocycles. The van der Waals surface area contributed by atoms with E-state index in [2.05, 4.69) is 9.97 Å². The Morgan fingerprint density at radius 3 is 1.62 bits per heavy atom. The molecule has 26 heavy (non-hydrogen) atoms. The number of amides is 2. The monoisotopic (exact) mass is 392 g/mol. The number of aromatic nitrogens is 2. The lowest BCUT2D eigenvalue weighted by Gasteiger charge is -2.44. The van der Waals surface area contributed by atoms with E-state index in [4.69, 9.17) is 23.2 Å². The number of nitrogens with zero attached hydrogens (tertiary/aromatic N) is 4. The van der Waals surface area contributed by atoms with Gasteiger partial charge in [-0.1, -0.05) is 23.2 Å². The second-order valence-electron chi connectivity index (χ2n) is 6.35. The van der Waals surface area contributed by atoms with Crippen LogP contribution in [-0.2, 0) is 0 Å². The van der Waals surface area contributed by atoms with Crippen molar-refractivity contribution in [3.8, 4) is 0 Å². The zero-order valence-electron chi connectivity index (χ0n) is 14.4. The largest absolute Gasteiger partial charge is 0.332 e. The molecule has 6 nitrogen and oxygen atoms in total. The van der Waals surface area contributed by atoms with Crippen molar-refractivity contribution in [3.05, 3.63) is 58.1 Å². The van der Waals surface area contributed by atoms with Crippen molar-refractivity contribution < 1.29 is 9.59 Å². The topological polar surface area (TPSA) is 66.4 Å². The van der Waals surface area contributed by atoms with Gasteiger partial charge < -0.3 is 9.80 Å². The number of hydrogen-bond donors (Lipinski definition) is 0. The van der Waals surface area contributed by atoms with E-state index < -0.39 is 0 Å². The molecule has 1 fully saturated rings. The molecular weight excluding hydrogens is 375 g/mol. The molecule has 2 aromatic heterocycles. The lowest BCUT2D eigenvalue weighted by Crippen LogP contribution is -2.59. The van der Waals surface area contributed by atoms with Gasteiger partial charge in [-0.2, -0.15) is 0 Å². The number of piperazine rings is 1. The summed E-state index contributed by atoms with van der Waals surface area (Å²) in [5, 5.41) is 0.555. The van der Waals surface area contributed by atoms with Gasteiger partial charge in [0.2, 0.25) is 0 Å². The second-order valence-corrected chi connectivity index (χ2v) is 7.12. The first kappa shape index (κ1) is 18.6. The summed E-state index contributed by atoms with van der Waals surface area (Å²) in [4.78, 5) is 37.0. The molecule has 0 aromatic carbocycles. The third-order valence-corrected chi connectivity index (χ3v) is 4.87. The van der Waals surface area contributed by atoms with E-state index in [9.17, 15) is 9.59 Å². The highest BCUT2D eigenvalue weighted by Gasteiger charge is 2.35. The Labute approximate surface area is 161 Å². The van der Waals surface area contributed by atoms with E-state index in [1.807, 2.05) is 13.8 Å². The fourth-order valence-corrected chi connectivity index (χ4v) is 3.44. The fraction of sp³-hybridized carbons (Fsp3) is 0.333. The smallest absolute Gasteiger partial charge is 0.254 e. The lowest BCUT2D eigenvalue weighted by atomic mass is 10.1. The average molecular weight is 393 g/mol. The molecule has 136 valence electrons. The van der Waals surface area contributed by atoms with Crippen molar-refractivity contribution in [3.63, 3.8) is 0 Å². The third-order valence-electron chi connectivity index (χ3n) is 4.45. The molecule has 2 atom stereocenters. The first-order valence-corrected chi connectivity index (χ1v) is 8.97. The second kappa shape index (κ2) is 7.60. The molecule has 2 aromatic rings. The van der Waals surface area contributed by atoms with Gasteiger partial charge in [0.1, 0.15) is 10.3 Å². The number of hydrogen-bond acceptors (Lipinski definition) is 4. The maximum Gasteiger partial charge on any atom is 0.254 e. The van der Waals surface area contributed by atoms with E-state index in [1.165, 1.54) is 12.4 Å². The average Bonchev–Trinajstić information content (AvgIpc) is 2.62. The first-order valence-electron chi connectivity index (χ1n) is 8.22. The van der Waals surface area contributed by atoms with E-state index >= 15 is 0 Å². The summed E-state index contributed by atoms with van der Waals surface area (Å²) >= 11 is 11.8. The normalized spacial score (nSPS) is 20.2. The molecule has 0 aliphatic carbocycles. The van der Waals surface area contributed by atoms with Crippen molar-refractivity contribution in [2.45, 2.75) is 25.9 Å². The summed E-state index contributed by atoms with van der Waals surface area (Å²) in [5.41, 5.74) is 0.981. The van der Waals surface area contributed by atoms with Crippen LogP contribution in [0.2, 0.25) is 10.3 Å². The number of carbonyl (C=O) groups excluding carboxylic acids is 2. The van der Waals surface area contributed by atoms with Gasteiger partial charge in [0, 0.05) is 48.7 Å². The number of rotatable bonds is 2. The van der Waals surface area contributed by atoms with Crippen LogP contribution in [-0.4, -0.2) is 56.8 Å². The van der Waals surface area contributed by atoms with Crippen LogP contribution < -0.4 is 0 Å². The molecule has 3 rings (SSSR count). The maximum absolute atomic E-state index is 12.8. The summed E-state index contributed by atoms with van der Waals surface area (Å²) < 4.78 is 0. The molecular formula is C18H18Cl2N4O2. The van der Waals surface area contributed by atoms with Crippen molar-refractivity contribution in [2.75, 3.05) is 13.1 Å². The molecule has 1 saturated heterocycles. The Morgan fingerprint density at radius 2 is 1.27 bits per heavy atom. The summed E-state index contributed by atoms with van der Waals surface area (Å²) in [7, 11) is 0. The molecule has 3 heterocycles. The highest BCUT2D eigenvalue weighted by atomic mass is 35.5. The minimum atomic E-state index is -0.133. The van der Waals surface area contributed by atoms with Gasteiger partial charge in [-0.15, -0.1) is 0 Å². The van der Waals surface area contributed by atoms with E-state index in [0.29, 0.717) is 24.2 Å². The minimum absolute atomic E-state index is 0.118. The van der Waals surface area contributed by atoms with Crippen LogP contribution in [0.1, 0.15) is 34.6 Å². The molecule has 0 radical (unpaired) electrons. The number of halogens is 2. The van der Waals surface area contributed by atoms with Crippen LogP contribution in [0, 0.1) is 0 Å². The van der Waals surface area contributed by atoms with Crippen LogP contribution >= 0.6 is 23.2 Å². The summed E-state index contributed by atoms with van der Waals surface area (Å²) in [5.74, 6) is -0.236. The highest BCUT2D eigenvalue weighted by Crippen LogP contribution is 2.21. The highest BCUT2D eigenvalue weighted by molar-refractivity contribution is 6.30. The van der Waals surface area contributed by atoms with Crippen LogP contribution in [0.15, 0.2) is 36.7 Å². The summed E-state index contributed by atoms with van der Waals surface area (Å²) in [6.45, 7) is 4.72. The number of pyridine rings is 2. The van der Waals surface area contributed by atoms with Crippen molar-refractivity contribution in [2.24, 2.45) is 0 Å². The minimum Gasteiger partial charge on any atom is -0.332 e. The van der Waals surface area contributed by atoms with Gasteiger partial charge >= 0.3 is 0 Å². The van der Waals surface area contributed by atoms with Crippen LogP contribution in [0.5, 0.6) is 0 Å². The fourth-order valence-electron chi connectivity index (χ4n) is 3.10. The molecule has 0 N–H and O–H groups in total. The summed E-state index contributed by atoms with van der Waals surface area (Å²) in [6, 6.07) is 6.12. The Balaban J connectivity index is 1.77. The molecule has 2 unspecified atom stereocenters. The predicted molar refractivity (Wildman–Crippen MR) is 99.5 cm³/mol. The SMILES string of the molecule is CC1CN(C(=O)c2ccnc(Cl)c2)C(C)CN1C(=O)c1ccnc(Cl)c1. The van der Waals surface area contributed by atoms with Gasteiger partial charge in [0.05, 0.1) is 0 Å². The van der Waals surface area contributed by atoms with Gasteiger partial charge in [-0.25, -0.2) is 9.97 Å². The zero-order chi connectivity index (χ0) is 18.8. The van der Waals surface area contributed by atoms with Crippen molar-refractivity contribution in [1.29, 1.82) is 0 Å². The van der Waals surface area contributed by atoms with Crippen molar-refractivity contribution in [1.82, 2.24) is 19.8 Å². The standard InChI is InChI=1S/C18H18Cl2N4O2/c1-11-9-24(18(26)14-4-6-22-16(20)8-14)12(2)10-23(11)17(25)13-3-5-21-15(19)7-13/h3-8,11-12H,9-10H2,1-2H3. The molecule has 2 amide bonds. The Morgan fingerprint density at radius 1 is 0.885 bits per heavy atom. The zero-order valence-corrected chi connectivity index (χ0v) is 15.9. The van der Waals surface area contributed by atoms with E-state index in [1.54, 1.807) is 34.1 Å². The third kappa shape index (κ3) is 3.81. The van der Waals surface area contributed by atoms with Crippen molar-refractivity contribution >= 4 is 35.0 Å². The molecule has 0 bridgehead atoms. The Hall–Kier alpha value is -2.18. The predicted octanol–water partition coefficient (Wildman–Crippen LogP) is 3.16. The quantitative estimate of drug-likeness (QED) is 0.736. The molecule has 0 spiro atoms. The first-order chi connectivity index (χ1) is 12.4. The van der Waals surface area contributed by atoms with Gasteiger partial charge in [-0.05, 0) is 38.1 Å². The lowest BCUT2D eigenvalue weighted by molar-refractivity contribution is 0.0270.